The highest BCUT2D eigenvalue weighted by Crippen LogP contribution is 2.60. The zero-order chi connectivity index (χ0) is 15.3. The summed E-state index contributed by atoms with van der Waals surface area (Å²) in [5.41, 5.74) is 2.26. The molecule has 1 aromatic carbocycles. The molecule has 0 radical (unpaired) electrons. The molecule has 2 rings (SSSR count). The van der Waals surface area contributed by atoms with E-state index in [0.29, 0.717) is 19.8 Å². The van der Waals surface area contributed by atoms with Gasteiger partial charge in [-0.3, -0.25) is 9.88 Å². The van der Waals surface area contributed by atoms with E-state index in [1.807, 2.05) is 44.2 Å². The minimum Gasteiger partial charge on any atom is -0.308 e. The molecule has 21 heavy (non-hydrogen) atoms. The monoisotopic (exact) mass is 309 g/mol. The lowest BCUT2D eigenvalue weighted by Gasteiger charge is -2.27. The van der Waals surface area contributed by atoms with Crippen LogP contribution in [0.3, 0.4) is 0 Å². The third-order valence-electron chi connectivity index (χ3n) is 3.54. The average Bonchev–Trinajstić information content (AvgIpc) is 3.17. The van der Waals surface area contributed by atoms with Gasteiger partial charge in [0.05, 0.1) is 13.2 Å². The molecule has 0 saturated heterocycles. The fourth-order valence-corrected chi connectivity index (χ4v) is 4.60. The molecule has 2 unspecified atom stereocenters. The molecule has 2 atom stereocenters. The summed E-state index contributed by atoms with van der Waals surface area (Å²) in [5.74, 6) is -0.136. The van der Waals surface area contributed by atoms with E-state index in [9.17, 15) is 4.57 Å². The van der Waals surface area contributed by atoms with Crippen LogP contribution >= 0.6 is 7.60 Å². The minimum absolute atomic E-state index is 0.178. The molecular formula is C16H24NO3P. The molecule has 0 amide bonds. The van der Waals surface area contributed by atoms with Crippen molar-refractivity contribution in [1.29, 1.82) is 0 Å². The summed E-state index contributed by atoms with van der Waals surface area (Å²) >= 11 is 0. The number of nitrogens with one attached hydrogen (secondary N) is 1. The topological polar surface area (TPSA) is 47.6 Å². The van der Waals surface area contributed by atoms with Crippen LogP contribution in [0.2, 0.25) is 0 Å². The van der Waals surface area contributed by atoms with Gasteiger partial charge in [-0.25, -0.2) is 0 Å². The lowest BCUT2D eigenvalue weighted by atomic mass is 10.2. The third kappa shape index (κ3) is 4.27. The van der Waals surface area contributed by atoms with Crippen molar-refractivity contribution in [2.75, 3.05) is 13.2 Å². The van der Waals surface area contributed by atoms with Crippen LogP contribution in [0.1, 0.15) is 25.8 Å². The Hall–Kier alpha value is -0.930. The van der Waals surface area contributed by atoms with Crippen LogP contribution in [0.15, 0.2) is 42.5 Å². The largest absolute Gasteiger partial charge is 0.348 e. The molecule has 5 heteroatoms. The van der Waals surface area contributed by atoms with E-state index < -0.39 is 7.60 Å². The van der Waals surface area contributed by atoms with Crippen molar-refractivity contribution in [1.82, 2.24) is 5.32 Å². The summed E-state index contributed by atoms with van der Waals surface area (Å²) in [4.78, 5) is 0. The fraction of sp³-hybridized carbons (Fsp3) is 0.500. The Morgan fingerprint density at radius 1 is 1.29 bits per heavy atom. The van der Waals surface area contributed by atoms with Crippen LogP contribution in [-0.2, 0) is 20.2 Å². The summed E-state index contributed by atoms with van der Waals surface area (Å²) in [7, 11) is -3.17. The molecule has 0 heterocycles. The number of hydrogen-bond donors (Lipinski definition) is 1. The van der Waals surface area contributed by atoms with Crippen molar-refractivity contribution in [3.8, 4) is 0 Å². The standard InChI is InChI=1S/C16H24NO3P/c1-4-19-21(18,20-5-2)16(15-11-13(15)3)17-12-14-9-7-6-8-10-14/h6-10,15-17H,3-5,11-12H2,1-2H3. The van der Waals surface area contributed by atoms with Crippen molar-refractivity contribution >= 4 is 7.60 Å². The normalized spacial score (nSPS) is 19.5. The summed E-state index contributed by atoms with van der Waals surface area (Å²) in [6.45, 7) is 9.04. The Kier molecular flexibility index (Phi) is 5.77. The van der Waals surface area contributed by atoms with Gasteiger partial charge >= 0.3 is 7.60 Å². The second-order valence-corrected chi connectivity index (χ2v) is 7.31. The molecule has 0 bridgehead atoms. The van der Waals surface area contributed by atoms with E-state index in [0.717, 1.165) is 17.6 Å². The van der Waals surface area contributed by atoms with E-state index in [1.54, 1.807) is 0 Å². The maximum atomic E-state index is 13.0. The first kappa shape index (κ1) is 16.4. The molecule has 1 N–H and O–H groups in total. The molecular weight excluding hydrogens is 285 g/mol. The molecule has 116 valence electrons. The molecule has 1 saturated carbocycles. The predicted octanol–water partition coefficient (Wildman–Crippen LogP) is 3.94. The van der Waals surface area contributed by atoms with Gasteiger partial charge in [0, 0.05) is 12.5 Å². The Morgan fingerprint density at radius 2 is 1.86 bits per heavy atom. The third-order valence-corrected chi connectivity index (χ3v) is 6.00. The number of rotatable bonds is 9. The Balaban J connectivity index is 2.10. The summed E-state index contributed by atoms with van der Waals surface area (Å²) in [6.07, 6.45) is 0.886. The van der Waals surface area contributed by atoms with E-state index in [4.69, 9.17) is 9.05 Å². The molecule has 1 aromatic rings. The SMILES string of the molecule is C=C1CC1C(NCc1ccccc1)P(=O)(OCC)OCC. The maximum Gasteiger partial charge on any atom is 0.348 e. The minimum atomic E-state index is -3.17. The molecule has 0 aromatic heterocycles. The maximum absolute atomic E-state index is 13.0. The van der Waals surface area contributed by atoms with Crippen LogP contribution in [0.25, 0.3) is 0 Å². The van der Waals surface area contributed by atoms with E-state index in [2.05, 4.69) is 11.9 Å². The highest BCUT2D eigenvalue weighted by atomic mass is 31.2. The highest BCUT2D eigenvalue weighted by Gasteiger charge is 2.47. The van der Waals surface area contributed by atoms with Gasteiger partial charge in [0.1, 0.15) is 5.78 Å². The van der Waals surface area contributed by atoms with Crippen molar-refractivity contribution in [2.24, 2.45) is 5.92 Å². The van der Waals surface area contributed by atoms with Gasteiger partial charge in [0.25, 0.3) is 0 Å². The van der Waals surface area contributed by atoms with Crippen molar-refractivity contribution in [2.45, 2.75) is 32.6 Å². The first-order valence-corrected chi connectivity index (χ1v) is 9.05. The lowest BCUT2D eigenvalue weighted by molar-refractivity contribution is 0.204. The van der Waals surface area contributed by atoms with Crippen LogP contribution in [0, 0.1) is 5.92 Å². The van der Waals surface area contributed by atoms with Gasteiger partial charge in [0.2, 0.25) is 0 Å². The Bertz CT molecular complexity index is 508. The van der Waals surface area contributed by atoms with Crippen molar-refractivity contribution < 1.29 is 13.6 Å². The van der Waals surface area contributed by atoms with Crippen LogP contribution < -0.4 is 5.32 Å². The molecule has 0 spiro atoms. The predicted molar refractivity (Wildman–Crippen MR) is 85.2 cm³/mol. The van der Waals surface area contributed by atoms with E-state index in [-0.39, 0.29) is 11.7 Å². The molecule has 1 fully saturated rings. The van der Waals surface area contributed by atoms with Crippen LogP contribution in [0.4, 0.5) is 0 Å². The Morgan fingerprint density at radius 3 is 2.33 bits per heavy atom. The van der Waals surface area contributed by atoms with Crippen LogP contribution in [0.5, 0.6) is 0 Å². The lowest BCUT2D eigenvalue weighted by Crippen LogP contribution is -2.32. The molecule has 1 aliphatic carbocycles. The summed E-state index contributed by atoms with van der Waals surface area (Å²) < 4.78 is 24.0. The number of hydrogen-bond acceptors (Lipinski definition) is 4. The quantitative estimate of drug-likeness (QED) is 0.554. The van der Waals surface area contributed by atoms with Crippen molar-refractivity contribution in [3.05, 3.63) is 48.0 Å². The fourth-order valence-electron chi connectivity index (χ4n) is 2.41. The van der Waals surface area contributed by atoms with Crippen LogP contribution in [-0.4, -0.2) is 19.0 Å². The first-order valence-electron chi connectivity index (χ1n) is 7.44. The van der Waals surface area contributed by atoms with Gasteiger partial charge in [-0.1, -0.05) is 42.5 Å². The molecule has 4 nitrogen and oxygen atoms in total. The second-order valence-electron chi connectivity index (χ2n) is 5.16. The van der Waals surface area contributed by atoms with E-state index >= 15 is 0 Å². The zero-order valence-corrected chi connectivity index (χ0v) is 13.6. The second kappa shape index (κ2) is 7.37. The van der Waals surface area contributed by atoms with Gasteiger partial charge in [-0.2, -0.15) is 0 Å². The van der Waals surface area contributed by atoms with Crippen molar-refractivity contribution in [3.63, 3.8) is 0 Å². The summed E-state index contributed by atoms with van der Waals surface area (Å²) in [6, 6.07) is 10.0. The Labute approximate surface area is 127 Å². The van der Waals surface area contributed by atoms with Gasteiger partial charge in [0.15, 0.2) is 0 Å². The van der Waals surface area contributed by atoms with Gasteiger partial charge < -0.3 is 9.05 Å². The first-order chi connectivity index (χ1) is 10.1. The summed E-state index contributed by atoms with van der Waals surface area (Å²) in [5, 5.41) is 3.36. The van der Waals surface area contributed by atoms with Gasteiger partial charge in [-0.05, 0) is 25.8 Å². The smallest absolute Gasteiger partial charge is 0.308 e. The average molecular weight is 309 g/mol. The zero-order valence-electron chi connectivity index (χ0n) is 12.7. The molecule has 0 aliphatic heterocycles. The molecule has 1 aliphatic rings. The highest BCUT2D eigenvalue weighted by molar-refractivity contribution is 7.54. The van der Waals surface area contributed by atoms with Gasteiger partial charge in [-0.15, -0.1) is 0 Å². The van der Waals surface area contributed by atoms with E-state index in [1.165, 1.54) is 0 Å². The number of benzene rings is 1.